The number of ether oxygens (including phenoxy) is 2. The molecule has 0 amide bonds. The fourth-order valence-corrected chi connectivity index (χ4v) is 2.54. The average Bonchev–Trinajstić information content (AvgIpc) is 2.76. The second-order valence-electron chi connectivity index (χ2n) is 4.11. The van der Waals surface area contributed by atoms with Gasteiger partial charge in [0.1, 0.15) is 18.0 Å². The van der Waals surface area contributed by atoms with Gasteiger partial charge in [-0.15, -0.1) is 0 Å². The van der Waals surface area contributed by atoms with E-state index in [4.69, 9.17) is 9.47 Å². The van der Waals surface area contributed by atoms with E-state index in [1.54, 1.807) is 0 Å². The predicted molar refractivity (Wildman–Crippen MR) is 40.7 cm³/mol. The summed E-state index contributed by atoms with van der Waals surface area (Å²) in [5, 5.41) is 0. The molecule has 1 unspecified atom stereocenters. The highest BCUT2D eigenvalue weighted by Crippen LogP contribution is 2.49. The molecule has 0 saturated carbocycles. The standard InChI is InChI=1S/C9H12O3/c1-3-5(10)4(2)7-9-8(12-9)6(3)11-7/h3-4,6-9H,1-2H3/t3-,4+,6+,7-,8+,9?/m0/s1. The maximum absolute atomic E-state index is 11.6. The van der Waals surface area contributed by atoms with Crippen LogP contribution >= 0.6 is 0 Å². The average molecular weight is 168 g/mol. The van der Waals surface area contributed by atoms with Crippen molar-refractivity contribution in [3.63, 3.8) is 0 Å². The van der Waals surface area contributed by atoms with E-state index in [-0.39, 0.29) is 36.3 Å². The molecule has 0 spiro atoms. The van der Waals surface area contributed by atoms with Gasteiger partial charge in [-0.2, -0.15) is 0 Å². The van der Waals surface area contributed by atoms with Crippen molar-refractivity contribution in [3.8, 4) is 0 Å². The number of epoxide rings is 1. The Morgan fingerprint density at radius 3 is 1.83 bits per heavy atom. The zero-order chi connectivity index (χ0) is 8.46. The van der Waals surface area contributed by atoms with E-state index in [0.29, 0.717) is 5.78 Å². The van der Waals surface area contributed by atoms with Crippen LogP contribution in [0.4, 0.5) is 0 Å². The molecule has 3 heterocycles. The van der Waals surface area contributed by atoms with Gasteiger partial charge < -0.3 is 9.47 Å². The lowest BCUT2D eigenvalue weighted by molar-refractivity contribution is -0.156. The number of carbonyl (C=O) groups is 1. The van der Waals surface area contributed by atoms with Crippen LogP contribution < -0.4 is 0 Å². The molecule has 0 N–H and O–H groups in total. The van der Waals surface area contributed by atoms with Gasteiger partial charge in [-0.3, -0.25) is 4.79 Å². The van der Waals surface area contributed by atoms with Crippen LogP contribution in [0.15, 0.2) is 0 Å². The number of carbonyl (C=O) groups excluding carboxylic acids is 1. The van der Waals surface area contributed by atoms with E-state index in [1.807, 2.05) is 13.8 Å². The van der Waals surface area contributed by atoms with Crippen LogP contribution in [0, 0.1) is 11.8 Å². The summed E-state index contributed by atoms with van der Waals surface area (Å²) in [4.78, 5) is 11.6. The summed E-state index contributed by atoms with van der Waals surface area (Å²) in [6.45, 7) is 3.90. The van der Waals surface area contributed by atoms with Crippen molar-refractivity contribution in [1.29, 1.82) is 0 Å². The first-order valence-electron chi connectivity index (χ1n) is 4.55. The van der Waals surface area contributed by atoms with Crippen molar-refractivity contribution in [2.45, 2.75) is 38.3 Å². The van der Waals surface area contributed by atoms with Crippen LogP contribution in [-0.4, -0.2) is 30.2 Å². The van der Waals surface area contributed by atoms with Crippen molar-refractivity contribution >= 4 is 5.78 Å². The van der Waals surface area contributed by atoms with Crippen LogP contribution in [0.5, 0.6) is 0 Å². The maximum Gasteiger partial charge on any atom is 0.143 e. The molecule has 6 atom stereocenters. The summed E-state index contributed by atoms with van der Waals surface area (Å²) in [5.41, 5.74) is 0. The quantitative estimate of drug-likeness (QED) is 0.491. The Morgan fingerprint density at radius 1 is 0.917 bits per heavy atom. The third kappa shape index (κ3) is 0.627. The van der Waals surface area contributed by atoms with Crippen LogP contribution in [0.3, 0.4) is 0 Å². The molecule has 3 nitrogen and oxygen atoms in total. The van der Waals surface area contributed by atoms with Gasteiger partial charge in [-0.05, 0) is 0 Å². The molecule has 0 aliphatic carbocycles. The molecule has 2 bridgehead atoms. The fourth-order valence-electron chi connectivity index (χ4n) is 2.54. The number of fused-ring (bicyclic) bond motifs is 5. The molecule has 66 valence electrons. The van der Waals surface area contributed by atoms with Crippen molar-refractivity contribution in [3.05, 3.63) is 0 Å². The molecule has 3 saturated heterocycles. The van der Waals surface area contributed by atoms with E-state index in [2.05, 4.69) is 0 Å². The van der Waals surface area contributed by atoms with Crippen LogP contribution in [0.1, 0.15) is 13.8 Å². The summed E-state index contributed by atoms with van der Waals surface area (Å²) in [6.07, 6.45) is 0.588. The SMILES string of the molecule is C[C@@H]1C(=O)[C@H](C)[C@H]2O[C@@H]1C1O[C@@H]12. The monoisotopic (exact) mass is 168 g/mol. The molecule has 3 rings (SSSR count). The smallest absolute Gasteiger partial charge is 0.143 e. The van der Waals surface area contributed by atoms with Crippen molar-refractivity contribution in [1.82, 2.24) is 0 Å². The molecule has 3 aliphatic rings. The van der Waals surface area contributed by atoms with Gasteiger partial charge in [0.15, 0.2) is 0 Å². The third-order valence-corrected chi connectivity index (χ3v) is 3.41. The van der Waals surface area contributed by atoms with Gasteiger partial charge in [0.25, 0.3) is 0 Å². The summed E-state index contributed by atoms with van der Waals surface area (Å²) >= 11 is 0. The number of ketones is 1. The summed E-state index contributed by atoms with van der Waals surface area (Å²) in [5.74, 6) is 0.426. The van der Waals surface area contributed by atoms with E-state index in [0.717, 1.165) is 0 Å². The third-order valence-electron chi connectivity index (χ3n) is 3.41. The van der Waals surface area contributed by atoms with Crippen LogP contribution in [0.25, 0.3) is 0 Å². The summed E-state index contributed by atoms with van der Waals surface area (Å²) in [7, 11) is 0. The lowest BCUT2D eigenvalue weighted by Gasteiger charge is -2.32. The molecular formula is C9H12O3. The zero-order valence-electron chi connectivity index (χ0n) is 7.19. The Bertz CT molecular complexity index is 228. The fraction of sp³-hybridized carbons (Fsp3) is 0.889. The van der Waals surface area contributed by atoms with Crippen molar-refractivity contribution < 1.29 is 14.3 Å². The lowest BCUT2D eigenvalue weighted by atomic mass is 9.88. The molecule has 3 heteroatoms. The Balaban J connectivity index is 1.98. The molecule has 3 fully saturated rings. The van der Waals surface area contributed by atoms with Crippen LogP contribution in [-0.2, 0) is 14.3 Å². The summed E-state index contributed by atoms with van der Waals surface area (Å²) < 4.78 is 11.1. The first-order chi connectivity index (χ1) is 5.70. The molecule has 0 radical (unpaired) electrons. The number of Topliss-reactive ketones (excluding diaryl/α,β-unsaturated/α-hetero) is 1. The van der Waals surface area contributed by atoms with Gasteiger partial charge in [-0.25, -0.2) is 0 Å². The Labute approximate surface area is 71.0 Å². The highest BCUT2D eigenvalue weighted by Gasteiger charge is 2.65. The van der Waals surface area contributed by atoms with Gasteiger partial charge in [0, 0.05) is 11.8 Å². The van der Waals surface area contributed by atoms with E-state index < -0.39 is 0 Å². The van der Waals surface area contributed by atoms with Crippen molar-refractivity contribution in [2.75, 3.05) is 0 Å². The Kier molecular flexibility index (Phi) is 1.12. The van der Waals surface area contributed by atoms with E-state index >= 15 is 0 Å². The molecular weight excluding hydrogens is 156 g/mol. The normalized spacial score (nSPS) is 61.7. The predicted octanol–water partition coefficient (Wildman–Crippen LogP) is 0.376. The first kappa shape index (κ1) is 7.04. The molecule has 0 aromatic heterocycles. The molecule has 0 aromatic carbocycles. The molecule has 0 aromatic rings. The van der Waals surface area contributed by atoms with Gasteiger partial charge in [0.2, 0.25) is 0 Å². The Hall–Kier alpha value is -0.410. The molecule has 12 heavy (non-hydrogen) atoms. The maximum atomic E-state index is 11.6. The van der Waals surface area contributed by atoms with Gasteiger partial charge >= 0.3 is 0 Å². The van der Waals surface area contributed by atoms with E-state index in [1.165, 1.54) is 0 Å². The number of rotatable bonds is 0. The Morgan fingerprint density at radius 2 is 1.33 bits per heavy atom. The van der Waals surface area contributed by atoms with E-state index in [9.17, 15) is 4.79 Å². The highest BCUT2D eigenvalue weighted by molar-refractivity contribution is 5.85. The zero-order valence-corrected chi connectivity index (χ0v) is 7.19. The van der Waals surface area contributed by atoms with Gasteiger partial charge in [-0.1, -0.05) is 13.8 Å². The highest BCUT2D eigenvalue weighted by atomic mass is 16.7. The number of hydrogen-bond acceptors (Lipinski definition) is 3. The molecule has 3 aliphatic heterocycles. The summed E-state index contributed by atoms with van der Waals surface area (Å²) in [6, 6.07) is 0. The number of hydrogen-bond donors (Lipinski definition) is 0. The van der Waals surface area contributed by atoms with Crippen molar-refractivity contribution in [2.24, 2.45) is 11.8 Å². The second-order valence-corrected chi connectivity index (χ2v) is 4.11. The van der Waals surface area contributed by atoms with Gasteiger partial charge in [0.05, 0.1) is 12.2 Å². The largest absolute Gasteiger partial charge is 0.368 e. The minimum absolute atomic E-state index is 0.0359. The minimum Gasteiger partial charge on any atom is -0.368 e. The second kappa shape index (κ2) is 1.91. The first-order valence-corrected chi connectivity index (χ1v) is 4.55. The topological polar surface area (TPSA) is 38.8 Å². The minimum atomic E-state index is 0.0359. The lowest BCUT2D eigenvalue weighted by Crippen LogP contribution is -2.44. The van der Waals surface area contributed by atoms with Crippen LogP contribution in [0.2, 0.25) is 0 Å².